The van der Waals surface area contributed by atoms with Crippen molar-refractivity contribution in [2.75, 3.05) is 6.61 Å². The highest BCUT2D eigenvalue weighted by molar-refractivity contribution is 5.94. The molecule has 2 unspecified atom stereocenters. The smallest absolute Gasteiger partial charge is 0.320 e. The van der Waals surface area contributed by atoms with Crippen molar-refractivity contribution in [2.24, 2.45) is 5.92 Å². The summed E-state index contributed by atoms with van der Waals surface area (Å²) in [6, 6.07) is 9.89. The molecule has 1 aromatic heterocycles. The first-order chi connectivity index (χ1) is 11.0. The van der Waals surface area contributed by atoms with Gasteiger partial charge in [-0.2, -0.15) is 5.10 Å². The lowest BCUT2D eigenvalue weighted by atomic mass is 10.0. The molecule has 0 aliphatic carbocycles. The van der Waals surface area contributed by atoms with Crippen LogP contribution in [-0.4, -0.2) is 33.4 Å². The van der Waals surface area contributed by atoms with Gasteiger partial charge in [0.2, 0.25) is 0 Å². The van der Waals surface area contributed by atoms with E-state index in [2.05, 4.69) is 5.10 Å². The number of hydrogen-bond donors (Lipinski definition) is 1. The number of aromatic nitrogens is 2. The minimum atomic E-state index is -1.21. The number of rotatable bonds is 7. The molecule has 23 heavy (non-hydrogen) atoms. The summed E-state index contributed by atoms with van der Waals surface area (Å²) in [6.07, 6.45) is 3.43. The second kappa shape index (κ2) is 7.58. The highest BCUT2D eigenvalue weighted by Crippen LogP contribution is 2.18. The summed E-state index contributed by atoms with van der Waals surface area (Å²) >= 11 is 0. The molecule has 0 saturated carbocycles. The fourth-order valence-corrected chi connectivity index (χ4v) is 2.33. The molecule has 0 bridgehead atoms. The highest BCUT2D eigenvalue weighted by atomic mass is 16.5. The number of carbonyl (C=O) groups excluding carboxylic acids is 1. The third kappa shape index (κ3) is 4.18. The Morgan fingerprint density at radius 1 is 1.30 bits per heavy atom. The van der Waals surface area contributed by atoms with E-state index in [4.69, 9.17) is 4.74 Å². The van der Waals surface area contributed by atoms with E-state index in [-0.39, 0.29) is 19.1 Å². The summed E-state index contributed by atoms with van der Waals surface area (Å²) in [4.78, 5) is 23.0. The Hall–Kier alpha value is -2.63. The molecule has 0 radical (unpaired) electrons. The van der Waals surface area contributed by atoms with Crippen LogP contribution in [0.1, 0.15) is 31.0 Å². The van der Waals surface area contributed by atoms with Crippen LogP contribution in [0.5, 0.6) is 0 Å². The number of hydrogen-bond acceptors (Lipinski definition) is 4. The number of benzene rings is 1. The van der Waals surface area contributed by atoms with Crippen LogP contribution in [0.15, 0.2) is 42.7 Å². The topological polar surface area (TPSA) is 81.4 Å². The molecule has 1 heterocycles. The molecule has 6 heteroatoms. The SMILES string of the molecule is CCOC(=O)C(Cc1cnn(C(C)c2ccccc2)c1)C(=O)O. The van der Waals surface area contributed by atoms with E-state index in [9.17, 15) is 14.7 Å². The van der Waals surface area contributed by atoms with E-state index in [1.807, 2.05) is 37.3 Å². The largest absolute Gasteiger partial charge is 0.481 e. The van der Waals surface area contributed by atoms with Crippen LogP contribution in [0.3, 0.4) is 0 Å². The molecular weight excluding hydrogens is 296 g/mol. The molecule has 2 rings (SSSR count). The van der Waals surface area contributed by atoms with Gasteiger partial charge in [0, 0.05) is 6.20 Å². The lowest BCUT2D eigenvalue weighted by Gasteiger charge is -2.12. The zero-order valence-electron chi connectivity index (χ0n) is 13.2. The van der Waals surface area contributed by atoms with E-state index in [0.717, 1.165) is 5.56 Å². The number of carboxylic acids is 1. The van der Waals surface area contributed by atoms with Gasteiger partial charge in [0.15, 0.2) is 5.92 Å². The van der Waals surface area contributed by atoms with Gasteiger partial charge in [-0.05, 0) is 31.4 Å². The summed E-state index contributed by atoms with van der Waals surface area (Å²) in [7, 11) is 0. The number of nitrogens with zero attached hydrogens (tertiary/aromatic N) is 2. The average molecular weight is 316 g/mol. The Kier molecular flexibility index (Phi) is 5.51. The van der Waals surface area contributed by atoms with E-state index < -0.39 is 17.9 Å². The van der Waals surface area contributed by atoms with Gasteiger partial charge in [-0.1, -0.05) is 30.3 Å². The molecule has 0 aliphatic rings. The van der Waals surface area contributed by atoms with Crippen molar-refractivity contribution in [3.63, 3.8) is 0 Å². The summed E-state index contributed by atoms with van der Waals surface area (Å²) in [5.74, 6) is -3.12. The second-order valence-corrected chi connectivity index (χ2v) is 5.26. The predicted octanol–water partition coefficient (Wildman–Crippen LogP) is 2.30. The zero-order chi connectivity index (χ0) is 16.8. The van der Waals surface area contributed by atoms with Crippen LogP contribution in [0.2, 0.25) is 0 Å². The van der Waals surface area contributed by atoms with Crippen molar-refractivity contribution in [2.45, 2.75) is 26.3 Å². The molecule has 122 valence electrons. The Labute approximate surface area is 134 Å². The first-order valence-corrected chi connectivity index (χ1v) is 7.50. The zero-order valence-corrected chi connectivity index (χ0v) is 13.2. The molecule has 1 N–H and O–H groups in total. The summed E-state index contributed by atoms with van der Waals surface area (Å²) in [5, 5.41) is 13.5. The quantitative estimate of drug-likeness (QED) is 0.626. The maximum atomic E-state index is 11.7. The Morgan fingerprint density at radius 2 is 2.00 bits per heavy atom. The van der Waals surface area contributed by atoms with Crippen LogP contribution in [0.4, 0.5) is 0 Å². The number of carboxylic acid groups (broad SMARTS) is 1. The molecule has 0 saturated heterocycles. The van der Waals surface area contributed by atoms with E-state index in [0.29, 0.717) is 5.56 Å². The van der Waals surface area contributed by atoms with Crippen LogP contribution in [-0.2, 0) is 20.7 Å². The van der Waals surface area contributed by atoms with Crippen LogP contribution >= 0.6 is 0 Å². The van der Waals surface area contributed by atoms with Crippen molar-refractivity contribution in [3.05, 3.63) is 53.9 Å². The average Bonchev–Trinajstić information content (AvgIpc) is 3.01. The van der Waals surface area contributed by atoms with Gasteiger partial charge in [0.05, 0.1) is 18.8 Å². The fourth-order valence-electron chi connectivity index (χ4n) is 2.33. The van der Waals surface area contributed by atoms with Crippen molar-refractivity contribution >= 4 is 11.9 Å². The molecule has 2 atom stereocenters. The van der Waals surface area contributed by atoms with Gasteiger partial charge < -0.3 is 9.84 Å². The number of carbonyl (C=O) groups is 2. The van der Waals surface area contributed by atoms with Crippen LogP contribution in [0.25, 0.3) is 0 Å². The fraction of sp³-hybridized carbons (Fsp3) is 0.353. The number of esters is 1. The van der Waals surface area contributed by atoms with Gasteiger partial charge in [0.1, 0.15) is 0 Å². The summed E-state index contributed by atoms with van der Waals surface area (Å²) in [6.45, 7) is 3.81. The Balaban J connectivity index is 2.12. The Morgan fingerprint density at radius 3 is 2.61 bits per heavy atom. The van der Waals surface area contributed by atoms with E-state index in [1.165, 1.54) is 0 Å². The van der Waals surface area contributed by atoms with Crippen molar-refractivity contribution < 1.29 is 19.4 Å². The molecule has 2 aromatic rings. The standard InChI is InChI=1S/C17H20N2O4/c1-3-23-17(22)15(16(20)21)9-13-10-18-19(11-13)12(2)14-7-5-4-6-8-14/h4-8,10-12,15H,3,9H2,1-2H3,(H,20,21). The predicted molar refractivity (Wildman–Crippen MR) is 83.9 cm³/mol. The third-order valence-electron chi connectivity index (χ3n) is 3.64. The van der Waals surface area contributed by atoms with Gasteiger partial charge in [0.25, 0.3) is 0 Å². The van der Waals surface area contributed by atoms with Gasteiger partial charge in [-0.25, -0.2) is 0 Å². The lowest BCUT2D eigenvalue weighted by molar-refractivity contribution is -0.158. The minimum Gasteiger partial charge on any atom is -0.481 e. The summed E-state index contributed by atoms with van der Waals surface area (Å²) < 4.78 is 6.57. The van der Waals surface area contributed by atoms with Crippen LogP contribution < -0.4 is 0 Å². The summed E-state index contributed by atoms with van der Waals surface area (Å²) in [5.41, 5.74) is 1.79. The van der Waals surface area contributed by atoms with Gasteiger partial charge in [-0.15, -0.1) is 0 Å². The maximum Gasteiger partial charge on any atom is 0.320 e. The molecule has 0 spiro atoms. The molecule has 0 amide bonds. The van der Waals surface area contributed by atoms with Crippen LogP contribution in [0, 0.1) is 5.92 Å². The van der Waals surface area contributed by atoms with Crippen molar-refractivity contribution in [3.8, 4) is 0 Å². The van der Waals surface area contributed by atoms with E-state index in [1.54, 1.807) is 24.0 Å². The Bertz CT molecular complexity index is 666. The second-order valence-electron chi connectivity index (χ2n) is 5.26. The first-order valence-electron chi connectivity index (χ1n) is 7.50. The van der Waals surface area contributed by atoms with Crippen molar-refractivity contribution in [1.82, 2.24) is 9.78 Å². The third-order valence-corrected chi connectivity index (χ3v) is 3.64. The van der Waals surface area contributed by atoms with Gasteiger partial charge in [-0.3, -0.25) is 14.3 Å². The first kappa shape index (κ1) is 16.7. The van der Waals surface area contributed by atoms with E-state index >= 15 is 0 Å². The van der Waals surface area contributed by atoms with Gasteiger partial charge >= 0.3 is 11.9 Å². The number of aliphatic carboxylic acids is 1. The monoisotopic (exact) mass is 316 g/mol. The lowest BCUT2D eigenvalue weighted by Crippen LogP contribution is -2.27. The minimum absolute atomic E-state index is 0.0239. The molecule has 0 fully saturated rings. The molecule has 1 aromatic carbocycles. The normalized spacial score (nSPS) is 13.3. The molecule has 0 aliphatic heterocycles. The molecular formula is C17H20N2O4. The molecule has 6 nitrogen and oxygen atoms in total. The highest BCUT2D eigenvalue weighted by Gasteiger charge is 2.28. The maximum absolute atomic E-state index is 11.7. The number of ether oxygens (including phenoxy) is 1. The van der Waals surface area contributed by atoms with Crippen molar-refractivity contribution in [1.29, 1.82) is 0 Å².